The van der Waals surface area contributed by atoms with Crippen molar-refractivity contribution in [2.45, 2.75) is 18.9 Å². The fraction of sp³-hybridized carbons (Fsp3) is 0.306. The van der Waals surface area contributed by atoms with E-state index in [-0.39, 0.29) is 28.9 Å². The van der Waals surface area contributed by atoms with Gasteiger partial charge in [0.1, 0.15) is 0 Å². The second-order valence-electron chi connectivity index (χ2n) is 11.7. The molecule has 250 valence electrons. The number of rotatable bonds is 10. The fourth-order valence-electron chi connectivity index (χ4n) is 6.67. The maximum absolute atomic E-state index is 13.8. The van der Waals surface area contributed by atoms with Gasteiger partial charge in [0.25, 0.3) is 17.4 Å². The lowest BCUT2D eigenvalue weighted by Gasteiger charge is -2.44. The topological polar surface area (TPSA) is 130 Å². The van der Waals surface area contributed by atoms with Crippen molar-refractivity contribution < 1.29 is 33.3 Å². The van der Waals surface area contributed by atoms with E-state index in [2.05, 4.69) is 15.5 Å². The normalized spacial score (nSPS) is 16.3. The van der Waals surface area contributed by atoms with Gasteiger partial charge in [-0.1, -0.05) is 6.07 Å². The molecule has 48 heavy (non-hydrogen) atoms. The monoisotopic (exact) mass is 654 g/mol. The van der Waals surface area contributed by atoms with Crippen LogP contribution in [-0.4, -0.2) is 65.0 Å². The van der Waals surface area contributed by atoms with Gasteiger partial charge in [0.05, 0.1) is 46.9 Å². The van der Waals surface area contributed by atoms with Gasteiger partial charge in [-0.3, -0.25) is 14.4 Å². The van der Waals surface area contributed by atoms with E-state index in [1.54, 1.807) is 55.6 Å². The maximum atomic E-state index is 13.8. The Bertz CT molecular complexity index is 1900. The number of amides is 2. The summed E-state index contributed by atoms with van der Waals surface area (Å²) >= 11 is 0. The van der Waals surface area contributed by atoms with E-state index in [4.69, 9.17) is 23.7 Å². The van der Waals surface area contributed by atoms with E-state index in [9.17, 15) is 14.4 Å². The van der Waals surface area contributed by atoms with E-state index in [1.165, 1.54) is 28.4 Å². The molecule has 1 aromatic heterocycles. The minimum Gasteiger partial charge on any atom is -0.493 e. The Hall–Kier alpha value is -5.65. The molecule has 2 N–H and O–H groups in total. The fourth-order valence-corrected chi connectivity index (χ4v) is 6.67. The maximum Gasteiger partial charge on any atom is 0.255 e. The Morgan fingerprint density at radius 2 is 1.40 bits per heavy atom. The zero-order valence-corrected chi connectivity index (χ0v) is 27.5. The average molecular weight is 655 g/mol. The Morgan fingerprint density at radius 1 is 0.688 bits per heavy atom. The third-order valence-electron chi connectivity index (χ3n) is 8.90. The first-order valence-electron chi connectivity index (χ1n) is 15.5. The van der Waals surface area contributed by atoms with Crippen LogP contribution in [0, 0.1) is 5.92 Å². The number of hydrogen-bond donors (Lipinski definition) is 2. The Kier molecular flexibility index (Phi) is 9.15. The summed E-state index contributed by atoms with van der Waals surface area (Å²) in [6, 6.07) is 18.9. The molecule has 12 heteroatoms. The van der Waals surface area contributed by atoms with Crippen molar-refractivity contribution in [1.82, 2.24) is 4.57 Å². The number of benzene rings is 3. The summed E-state index contributed by atoms with van der Waals surface area (Å²) in [6.07, 6.45) is 0.971. The first-order chi connectivity index (χ1) is 23.3. The molecule has 3 aromatic carbocycles. The van der Waals surface area contributed by atoms with Gasteiger partial charge in [-0.2, -0.15) is 0 Å². The van der Waals surface area contributed by atoms with Crippen molar-refractivity contribution in [3.63, 3.8) is 0 Å². The number of methoxy groups -OCH3 is 5. The van der Waals surface area contributed by atoms with E-state index in [1.807, 2.05) is 22.8 Å². The molecule has 1 saturated heterocycles. The van der Waals surface area contributed by atoms with Gasteiger partial charge in [0, 0.05) is 60.2 Å². The minimum atomic E-state index is -0.429. The lowest BCUT2D eigenvalue weighted by atomic mass is 9.83. The summed E-state index contributed by atoms with van der Waals surface area (Å²) in [5.41, 5.74) is 3.37. The zero-order chi connectivity index (χ0) is 33.9. The van der Waals surface area contributed by atoms with Crippen LogP contribution < -0.4 is 44.8 Å². The van der Waals surface area contributed by atoms with Gasteiger partial charge < -0.3 is 43.8 Å². The predicted molar refractivity (Wildman–Crippen MR) is 182 cm³/mol. The SMILES string of the molecule is COc1ccc(NC(=O)c2ccc(N3C[C@H]4C[C@@H](C3)c3cccc(=O)n3C4)c(NC(=O)c3cc(OC)c(OC)c(OC)c3)c2)cc1OC. The molecule has 4 aromatic rings. The summed E-state index contributed by atoms with van der Waals surface area (Å²) in [7, 11) is 7.53. The van der Waals surface area contributed by atoms with Crippen LogP contribution >= 0.6 is 0 Å². The molecule has 12 nitrogen and oxygen atoms in total. The summed E-state index contributed by atoms with van der Waals surface area (Å²) in [5.74, 6) is 1.62. The Labute approximate surface area is 278 Å². The molecule has 1 fully saturated rings. The predicted octanol–water partition coefficient (Wildman–Crippen LogP) is 5.02. The summed E-state index contributed by atoms with van der Waals surface area (Å²) in [5, 5.41) is 5.95. The highest BCUT2D eigenvalue weighted by atomic mass is 16.5. The number of nitrogens with zero attached hydrogens (tertiary/aromatic N) is 2. The number of aromatic nitrogens is 1. The van der Waals surface area contributed by atoms with Crippen LogP contribution in [-0.2, 0) is 6.54 Å². The average Bonchev–Trinajstić information content (AvgIpc) is 3.11. The van der Waals surface area contributed by atoms with Crippen LogP contribution in [0.4, 0.5) is 17.1 Å². The third-order valence-corrected chi connectivity index (χ3v) is 8.90. The highest BCUT2D eigenvalue weighted by Gasteiger charge is 2.35. The molecule has 0 spiro atoms. The van der Waals surface area contributed by atoms with E-state index in [0.717, 1.165) is 17.8 Å². The van der Waals surface area contributed by atoms with Crippen molar-refractivity contribution in [2.24, 2.45) is 5.92 Å². The van der Waals surface area contributed by atoms with Crippen LogP contribution in [0.3, 0.4) is 0 Å². The van der Waals surface area contributed by atoms with Gasteiger partial charge in [-0.15, -0.1) is 0 Å². The van der Waals surface area contributed by atoms with Gasteiger partial charge in [0.2, 0.25) is 5.75 Å². The first kappa shape index (κ1) is 32.3. The van der Waals surface area contributed by atoms with Crippen LogP contribution in [0.5, 0.6) is 28.7 Å². The largest absolute Gasteiger partial charge is 0.493 e. The lowest BCUT2D eigenvalue weighted by Crippen LogP contribution is -2.47. The van der Waals surface area contributed by atoms with Crippen LogP contribution in [0.2, 0.25) is 0 Å². The van der Waals surface area contributed by atoms with Crippen molar-refractivity contribution in [1.29, 1.82) is 0 Å². The third kappa shape index (κ3) is 6.20. The summed E-state index contributed by atoms with van der Waals surface area (Å²) < 4.78 is 28.9. The van der Waals surface area contributed by atoms with Crippen molar-refractivity contribution in [3.8, 4) is 28.7 Å². The molecule has 3 heterocycles. The first-order valence-corrected chi connectivity index (χ1v) is 15.5. The quantitative estimate of drug-likeness (QED) is 0.242. The van der Waals surface area contributed by atoms with Crippen molar-refractivity contribution in [3.05, 3.63) is 93.9 Å². The molecule has 2 aliphatic rings. The molecule has 0 radical (unpaired) electrons. The molecule has 0 aliphatic carbocycles. The van der Waals surface area contributed by atoms with E-state index >= 15 is 0 Å². The molecule has 0 unspecified atom stereocenters. The number of hydrogen-bond acceptors (Lipinski definition) is 9. The van der Waals surface area contributed by atoms with E-state index < -0.39 is 5.91 Å². The lowest BCUT2D eigenvalue weighted by molar-refractivity contribution is 0.101. The van der Waals surface area contributed by atoms with Crippen molar-refractivity contribution in [2.75, 3.05) is 64.2 Å². The number of carbonyl (C=O) groups excluding carboxylic acids is 2. The molecular formula is C36H38N4O8. The number of ether oxygens (including phenoxy) is 5. The highest BCUT2D eigenvalue weighted by molar-refractivity contribution is 6.09. The second kappa shape index (κ2) is 13.6. The van der Waals surface area contributed by atoms with Gasteiger partial charge >= 0.3 is 0 Å². The number of piperidine rings is 1. The standard InChI is InChI=1S/C36H38N4O8/c1-44-29-12-10-25(17-30(29)45-2)37-35(42)22-9-11-28(39-18-21-13-24(20-39)27-7-6-8-33(41)40(27)19-21)26(14-22)38-36(43)23-15-31(46-3)34(48-5)32(16-23)47-4/h6-12,14-17,21,24H,13,18-20H2,1-5H3,(H,37,42)(H,38,43)/t21-,24+/m1/s1. The molecule has 2 bridgehead atoms. The minimum absolute atomic E-state index is 0.0128. The Morgan fingerprint density at radius 3 is 2.08 bits per heavy atom. The molecule has 2 atom stereocenters. The smallest absolute Gasteiger partial charge is 0.255 e. The number of pyridine rings is 1. The van der Waals surface area contributed by atoms with Gasteiger partial charge in [-0.05, 0) is 60.9 Å². The Balaban J connectivity index is 1.35. The number of anilines is 3. The second-order valence-corrected chi connectivity index (χ2v) is 11.7. The van der Waals surface area contributed by atoms with Gasteiger partial charge in [-0.25, -0.2) is 0 Å². The van der Waals surface area contributed by atoms with Crippen molar-refractivity contribution >= 4 is 28.9 Å². The number of nitrogens with one attached hydrogen (secondary N) is 2. The van der Waals surface area contributed by atoms with Crippen LogP contribution in [0.15, 0.2) is 71.5 Å². The number of fused-ring (bicyclic) bond motifs is 4. The summed E-state index contributed by atoms with van der Waals surface area (Å²) in [6.45, 7) is 1.95. The molecule has 2 amide bonds. The highest BCUT2D eigenvalue weighted by Crippen LogP contribution is 2.41. The van der Waals surface area contributed by atoms with Crippen LogP contribution in [0.1, 0.15) is 38.7 Å². The molecule has 2 aliphatic heterocycles. The summed E-state index contributed by atoms with van der Waals surface area (Å²) in [4.78, 5) is 42.2. The molecule has 0 saturated carbocycles. The molecule has 6 rings (SSSR count). The number of carbonyl (C=O) groups is 2. The van der Waals surface area contributed by atoms with Gasteiger partial charge in [0.15, 0.2) is 23.0 Å². The van der Waals surface area contributed by atoms with Crippen LogP contribution in [0.25, 0.3) is 0 Å². The van der Waals surface area contributed by atoms with E-state index in [0.29, 0.717) is 65.3 Å². The molecular weight excluding hydrogens is 616 g/mol. The zero-order valence-electron chi connectivity index (χ0n) is 27.5.